The van der Waals surface area contributed by atoms with E-state index in [4.69, 9.17) is 13.8 Å². The number of rotatable bonds is 61. The largest absolute Gasteiger partial charge is 0.756 e. The molecule has 0 bridgehead atoms. The number of amides is 1. The van der Waals surface area contributed by atoms with Gasteiger partial charge >= 0.3 is 5.97 Å². The number of hydrogen-bond donors (Lipinski definition) is 1. The Morgan fingerprint density at radius 1 is 0.450 bits per heavy atom. The second-order valence-corrected chi connectivity index (χ2v) is 25.4. The van der Waals surface area contributed by atoms with Gasteiger partial charge in [-0.1, -0.05) is 299 Å². The highest BCUT2D eigenvalue weighted by atomic mass is 31.2. The predicted molar refractivity (Wildman–Crippen MR) is 344 cm³/mol. The molecule has 0 aliphatic heterocycles. The number of phosphoric acid groups is 1. The molecule has 3 atom stereocenters. The molecule has 80 heavy (non-hydrogen) atoms. The quantitative estimate of drug-likeness (QED) is 0.0212. The summed E-state index contributed by atoms with van der Waals surface area (Å²) in [5.41, 5.74) is 0. The Morgan fingerprint density at radius 3 is 1.21 bits per heavy atom. The maximum absolute atomic E-state index is 13.5. The molecule has 10 heteroatoms. The van der Waals surface area contributed by atoms with E-state index < -0.39 is 26.6 Å². The number of nitrogens with one attached hydrogen (secondary N) is 1. The maximum atomic E-state index is 13.5. The van der Waals surface area contributed by atoms with Crippen LogP contribution in [0.15, 0.2) is 72.9 Å². The molecule has 0 aromatic rings. The lowest BCUT2D eigenvalue weighted by Crippen LogP contribution is -2.47. The molecule has 0 radical (unpaired) electrons. The number of carbonyl (C=O) groups is 2. The third-order valence-electron chi connectivity index (χ3n) is 14.9. The second kappa shape index (κ2) is 59.6. The van der Waals surface area contributed by atoms with Crippen molar-refractivity contribution in [3.63, 3.8) is 0 Å². The number of hydrogen-bond acceptors (Lipinski definition) is 7. The lowest BCUT2D eigenvalue weighted by atomic mass is 10.0. The lowest BCUT2D eigenvalue weighted by molar-refractivity contribution is -0.870. The van der Waals surface area contributed by atoms with E-state index in [0.717, 1.165) is 77.0 Å². The Balaban J connectivity index is 5.13. The van der Waals surface area contributed by atoms with Crippen LogP contribution >= 0.6 is 7.82 Å². The molecule has 0 spiro atoms. The van der Waals surface area contributed by atoms with Gasteiger partial charge in [-0.2, -0.15) is 0 Å². The molecule has 3 unspecified atom stereocenters. The molecule has 0 heterocycles. The Morgan fingerprint density at radius 2 is 0.812 bits per heavy atom. The van der Waals surface area contributed by atoms with E-state index in [2.05, 4.69) is 86.8 Å². The summed E-state index contributed by atoms with van der Waals surface area (Å²) in [4.78, 5) is 40.0. The van der Waals surface area contributed by atoms with Crippen molar-refractivity contribution in [1.29, 1.82) is 0 Å². The molecule has 9 nitrogen and oxygen atoms in total. The number of esters is 1. The minimum absolute atomic E-state index is 0.0338. The van der Waals surface area contributed by atoms with Crippen LogP contribution in [0.5, 0.6) is 0 Å². The topological polar surface area (TPSA) is 114 Å². The van der Waals surface area contributed by atoms with Crippen molar-refractivity contribution < 1.29 is 37.3 Å². The van der Waals surface area contributed by atoms with E-state index in [1.807, 2.05) is 33.3 Å². The summed E-state index contributed by atoms with van der Waals surface area (Å²) in [5.74, 6) is -0.600. The SMILES string of the molecule is CC/C=C\C/C=C\C/C=C\C/C=C\C/C=C\CCCC(=O)NC(COP(=O)([O-])OCC[N+](C)(C)C)C(/C=C\CCCCCCCCCCCC)OC(=O)CCCCCCCCCCCCCCCCCCCCCCCCCCC. The maximum Gasteiger partial charge on any atom is 0.306 e. The van der Waals surface area contributed by atoms with E-state index in [-0.39, 0.29) is 31.3 Å². The van der Waals surface area contributed by atoms with Gasteiger partial charge in [0.1, 0.15) is 19.3 Å². The Kier molecular flexibility index (Phi) is 57.7. The highest BCUT2D eigenvalue weighted by Crippen LogP contribution is 2.38. The van der Waals surface area contributed by atoms with Crippen LogP contribution < -0.4 is 10.2 Å². The number of likely N-dealkylation sites (N-methyl/N-ethyl adjacent to an activating group) is 1. The monoisotopic (exact) mass is 1140 g/mol. The van der Waals surface area contributed by atoms with Gasteiger partial charge in [0, 0.05) is 12.8 Å². The van der Waals surface area contributed by atoms with Crippen LogP contribution in [0.1, 0.15) is 310 Å². The van der Waals surface area contributed by atoms with Crippen LogP contribution in [0.4, 0.5) is 0 Å². The summed E-state index contributed by atoms with van der Waals surface area (Å²) < 4.78 is 30.3. The van der Waals surface area contributed by atoms with Crippen molar-refractivity contribution in [2.45, 2.75) is 322 Å². The number of unbranched alkanes of at least 4 members (excludes halogenated alkanes) is 35. The second-order valence-electron chi connectivity index (χ2n) is 24.0. The predicted octanol–water partition coefficient (Wildman–Crippen LogP) is 20.5. The van der Waals surface area contributed by atoms with Gasteiger partial charge in [0.2, 0.25) is 5.91 Å². The van der Waals surface area contributed by atoms with E-state index in [1.165, 1.54) is 193 Å². The zero-order valence-electron chi connectivity index (χ0n) is 53.3. The molecule has 1 N–H and O–H groups in total. The standard InChI is InChI=1S/C70H129N2O7P/c1-7-10-13-16-19-22-25-28-30-32-33-34-35-36-37-38-39-41-43-45-48-51-54-57-60-63-70(74)79-68(61-58-55-52-49-46-27-24-21-18-15-12-9-3)67(66-78-80(75,76)77-65-64-72(4,5)6)71-69(73)62-59-56-53-50-47-44-42-40-31-29-26-23-20-17-14-11-8-2/h11,14,20,23,29,31,42,44,50,53,58,61,67-68H,7-10,12-13,15-19,21-22,24-28,30,32-41,43,45-49,51-52,54-57,59-60,62-66H2,1-6H3,(H-,71,73,75,76)/b14-11-,23-20-,31-29-,44-42-,53-50-,61-58-. The first-order chi connectivity index (χ1) is 38.9. The first-order valence-electron chi connectivity index (χ1n) is 33.7. The minimum atomic E-state index is -4.72. The van der Waals surface area contributed by atoms with Gasteiger partial charge in [-0.05, 0) is 70.3 Å². The zero-order valence-corrected chi connectivity index (χ0v) is 54.2. The first kappa shape index (κ1) is 77.5. The van der Waals surface area contributed by atoms with Crippen molar-refractivity contribution >= 4 is 19.7 Å². The molecule has 1 amide bonds. The smallest absolute Gasteiger partial charge is 0.306 e. The molecule has 0 aliphatic rings. The molecule has 0 saturated heterocycles. The minimum Gasteiger partial charge on any atom is -0.756 e. The third-order valence-corrected chi connectivity index (χ3v) is 15.9. The molecular weight excluding hydrogens is 1010 g/mol. The number of phosphoric ester groups is 1. The summed E-state index contributed by atoms with van der Waals surface area (Å²) in [6, 6.07) is -0.919. The molecule has 0 aromatic carbocycles. The van der Waals surface area contributed by atoms with E-state index in [0.29, 0.717) is 17.4 Å². The molecule has 0 fully saturated rings. The highest BCUT2D eigenvalue weighted by molar-refractivity contribution is 7.45. The van der Waals surface area contributed by atoms with Crippen molar-refractivity contribution in [2.75, 3.05) is 40.9 Å². The number of ether oxygens (including phenoxy) is 1. The fourth-order valence-electron chi connectivity index (χ4n) is 9.74. The van der Waals surface area contributed by atoms with Gasteiger partial charge in [-0.3, -0.25) is 14.2 Å². The first-order valence-corrected chi connectivity index (χ1v) is 35.2. The van der Waals surface area contributed by atoms with Gasteiger partial charge in [0.25, 0.3) is 7.82 Å². The van der Waals surface area contributed by atoms with E-state index in [1.54, 1.807) is 0 Å². The van der Waals surface area contributed by atoms with Crippen LogP contribution in [0.2, 0.25) is 0 Å². The zero-order chi connectivity index (χ0) is 58.6. The van der Waals surface area contributed by atoms with Crippen LogP contribution in [0.25, 0.3) is 0 Å². The van der Waals surface area contributed by atoms with Crippen molar-refractivity contribution in [3.8, 4) is 0 Å². The van der Waals surface area contributed by atoms with Gasteiger partial charge in [0.05, 0.1) is 33.8 Å². The third kappa shape index (κ3) is 60.1. The Bertz CT molecular complexity index is 1600. The molecule has 0 saturated carbocycles. The molecule has 0 rings (SSSR count). The van der Waals surface area contributed by atoms with Crippen LogP contribution in [-0.4, -0.2) is 69.4 Å². The fourth-order valence-corrected chi connectivity index (χ4v) is 10.5. The Hall–Kier alpha value is -2.55. The molecule has 0 aliphatic carbocycles. The summed E-state index contributed by atoms with van der Waals surface area (Å²) in [7, 11) is 1.15. The van der Waals surface area contributed by atoms with Gasteiger partial charge < -0.3 is 28.5 Å². The van der Waals surface area contributed by atoms with Gasteiger partial charge in [0.15, 0.2) is 0 Å². The summed E-state index contributed by atoms with van der Waals surface area (Å²) in [5, 5.41) is 3.00. The summed E-state index contributed by atoms with van der Waals surface area (Å²) in [6.45, 7) is 6.71. The average Bonchev–Trinajstić information content (AvgIpc) is 3.42. The fraction of sp³-hybridized carbons (Fsp3) is 0.800. The Labute approximate surface area is 495 Å². The van der Waals surface area contributed by atoms with Crippen molar-refractivity contribution in [1.82, 2.24) is 5.32 Å². The van der Waals surface area contributed by atoms with E-state index in [9.17, 15) is 19.0 Å². The van der Waals surface area contributed by atoms with Crippen LogP contribution in [0, 0.1) is 0 Å². The summed E-state index contributed by atoms with van der Waals surface area (Å²) in [6.07, 6.45) is 77.6. The number of nitrogens with zero attached hydrogens (tertiary/aromatic N) is 1. The average molecular weight is 1140 g/mol. The van der Waals surface area contributed by atoms with Crippen molar-refractivity contribution in [2.24, 2.45) is 0 Å². The molecule has 466 valence electrons. The van der Waals surface area contributed by atoms with Crippen LogP contribution in [-0.2, 0) is 27.9 Å². The van der Waals surface area contributed by atoms with Gasteiger partial charge in [-0.25, -0.2) is 0 Å². The summed E-state index contributed by atoms with van der Waals surface area (Å²) >= 11 is 0. The van der Waals surface area contributed by atoms with Crippen LogP contribution in [0.3, 0.4) is 0 Å². The van der Waals surface area contributed by atoms with E-state index >= 15 is 0 Å². The van der Waals surface area contributed by atoms with Gasteiger partial charge in [-0.15, -0.1) is 0 Å². The number of quaternary nitrogens is 1. The molecular formula is C70H129N2O7P. The number of carbonyl (C=O) groups excluding carboxylic acids is 2. The van der Waals surface area contributed by atoms with Crippen molar-refractivity contribution in [3.05, 3.63) is 72.9 Å². The normalized spacial score (nSPS) is 14.0. The number of allylic oxidation sites excluding steroid dienone is 11. The highest BCUT2D eigenvalue weighted by Gasteiger charge is 2.27. The molecule has 0 aromatic heterocycles. The lowest BCUT2D eigenvalue weighted by Gasteiger charge is -2.30.